The van der Waals surface area contributed by atoms with E-state index in [9.17, 15) is 9.59 Å². The molecular weight excluding hydrogens is 270 g/mol. The SMILES string of the molecule is CCCN(CC(=O)O)C(=O)C(C)(C)c1ccccc1OC. The van der Waals surface area contributed by atoms with Crippen LogP contribution < -0.4 is 4.74 Å². The van der Waals surface area contributed by atoms with Crippen LogP contribution in [0.2, 0.25) is 0 Å². The van der Waals surface area contributed by atoms with Gasteiger partial charge in [0.2, 0.25) is 5.91 Å². The van der Waals surface area contributed by atoms with Crippen LogP contribution in [0.3, 0.4) is 0 Å². The first-order valence-corrected chi connectivity index (χ1v) is 6.99. The Morgan fingerprint density at radius 3 is 2.43 bits per heavy atom. The topological polar surface area (TPSA) is 66.8 Å². The van der Waals surface area contributed by atoms with Crippen molar-refractivity contribution < 1.29 is 19.4 Å². The molecule has 1 aromatic carbocycles. The van der Waals surface area contributed by atoms with Gasteiger partial charge in [0.25, 0.3) is 0 Å². The van der Waals surface area contributed by atoms with Gasteiger partial charge in [-0.1, -0.05) is 25.1 Å². The first kappa shape index (κ1) is 17.0. The van der Waals surface area contributed by atoms with Crippen molar-refractivity contribution in [3.63, 3.8) is 0 Å². The zero-order chi connectivity index (χ0) is 16.0. The summed E-state index contributed by atoms with van der Waals surface area (Å²) in [7, 11) is 1.56. The normalized spacial score (nSPS) is 11.0. The number of carboxylic acid groups (broad SMARTS) is 1. The molecule has 0 aromatic heterocycles. The van der Waals surface area contributed by atoms with Crippen LogP contribution in [0.15, 0.2) is 24.3 Å². The highest BCUT2D eigenvalue weighted by Crippen LogP contribution is 2.33. The molecule has 5 nitrogen and oxygen atoms in total. The van der Waals surface area contributed by atoms with E-state index in [4.69, 9.17) is 9.84 Å². The monoisotopic (exact) mass is 293 g/mol. The number of methoxy groups -OCH3 is 1. The molecule has 1 N–H and O–H groups in total. The summed E-state index contributed by atoms with van der Waals surface area (Å²) in [6.45, 7) is 5.63. The summed E-state index contributed by atoms with van der Waals surface area (Å²) in [6, 6.07) is 7.31. The summed E-state index contributed by atoms with van der Waals surface area (Å²) in [4.78, 5) is 25.1. The maximum Gasteiger partial charge on any atom is 0.323 e. The lowest BCUT2D eigenvalue weighted by Gasteiger charge is -2.32. The molecule has 0 aliphatic heterocycles. The number of carboxylic acids is 1. The Morgan fingerprint density at radius 2 is 1.90 bits per heavy atom. The second kappa shape index (κ2) is 7.11. The van der Waals surface area contributed by atoms with E-state index in [0.717, 1.165) is 5.56 Å². The predicted molar refractivity (Wildman–Crippen MR) is 80.5 cm³/mol. The molecule has 0 saturated heterocycles. The van der Waals surface area contributed by atoms with Crippen molar-refractivity contribution in [2.45, 2.75) is 32.6 Å². The van der Waals surface area contributed by atoms with Crippen molar-refractivity contribution in [3.8, 4) is 5.75 Å². The maximum atomic E-state index is 12.8. The van der Waals surface area contributed by atoms with Gasteiger partial charge in [-0.25, -0.2) is 0 Å². The minimum Gasteiger partial charge on any atom is -0.496 e. The van der Waals surface area contributed by atoms with Gasteiger partial charge in [0.1, 0.15) is 12.3 Å². The van der Waals surface area contributed by atoms with Crippen LogP contribution >= 0.6 is 0 Å². The number of carbonyl (C=O) groups is 2. The number of benzene rings is 1. The molecule has 0 bridgehead atoms. The van der Waals surface area contributed by atoms with E-state index >= 15 is 0 Å². The third kappa shape index (κ3) is 3.97. The molecule has 1 aromatic rings. The van der Waals surface area contributed by atoms with Crippen molar-refractivity contribution in [2.24, 2.45) is 0 Å². The zero-order valence-corrected chi connectivity index (χ0v) is 13.0. The molecule has 0 unspecified atom stereocenters. The van der Waals surface area contributed by atoms with E-state index in [2.05, 4.69) is 0 Å². The Kier molecular flexibility index (Phi) is 5.76. The van der Waals surface area contributed by atoms with Crippen molar-refractivity contribution in [1.29, 1.82) is 0 Å². The van der Waals surface area contributed by atoms with Crippen LogP contribution in [0.4, 0.5) is 0 Å². The lowest BCUT2D eigenvalue weighted by molar-refractivity contribution is -0.146. The fraction of sp³-hybridized carbons (Fsp3) is 0.500. The van der Waals surface area contributed by atoms with Gasteiger partial charge in [0.05, 0.1) is 12.5 Å². The number of ether oxygens (including phenoxy) is 1. The fourth-order valence-electron chi connectivity index (χ4n) is 2.36. The Morgan fingerprint density at radius 1 is 1.29 bits per heavy atom. The predicted octanol–water partition coefficient (Wildman–Crippen LogP) is 2.30. The first-order valence-electron chi connectivity index (χ1n) is 6.99. The molecule has 0 radical (unpaired) electrons. The molecule has 0 saturated carbocycles. The molecule has 1 rings (SSSR count). The summed E-state index contributed by atoms with van der Waals surface area (Å²) in [5, 5.41) is 8.98. The van der Waals surface area contributed by atoms with E-state index in [-0.39, 0.29) is 12.5 Å². The summed E-state index contributed by atoms with van der Waals surface area (Å²) in [5.41, 5.74) is -0.0963. The molecule has 5 heteroatoms. The minimum atomic E-state index is -1.01. The maximum absolute atomic E-state index is 12.8. The van der Waals surface area contributed by atoms with Gasteiger partial charge in [-0.2, -0.15) is 0 Å². The van der Waals surface area contributed by atoms with Gasteiger partial charge in [-0.15, -0.1) is 0 Å². The summed E-state index contributed by atoms with van der Waals surface area (Å²) < 4.78 is 5.32. The quantitative estimate of drug-likeness (QED) is 0.837. The largest absolute Gasteiger partial charge is 0.496 e. The number of para-hydroxylation sites is 1. The number of aliphatic carboxylic acids is 1. The average molecular weight is 293 g/mol. The highest BCUT2D eigenvalue weighted by atomic mass is 16.5. The molecule has 0 spiro atoms. The summed E-state index contributed by atoms with van der Waals surface area (Å²) in [5.74, 6) is -0.591. The number of nitrogens with zero attached hydrogens (tertiary/aromatic N) is 1. The average Bonchev–Trinajstić information content (AvgIpc) is 2.45. The van der Waals surface area contributed by atoms with E-state index < -0.39 is 11.4 Å². The Bertz CT molecular complexity index is 511. The van der Waals surface area contributed by atoms with Crippen LogP contribution in [0, 0.1) is 0 Å². The summed E-state index contributed by atoms with van der Waals surface area (Å²) in [6.07, 6.45) is 0.709. The van der Waals surface area contributed by atoms with Gasteiger partial charge >= 0.3 is 5.97 Å². The Labute approximate surface area is 125 Å². The first-order chi connectivity index (χ1) is 9.84. The molecule has 0 aliphatic rings. The lowest BCUT2D eigenvalue weighted by atomic mass is 9.82. The highest BCUT2D eigenvalue weighted by Gasteiger charge is 2.36. The van der Waals surface area contributed by atoms with Gasteiger partial charge < -0.3 is 14.7 Å². The van der Waals surface area contributed by atoms with E-state index in [1.165, 1.54) is 4.90 Å². The van der Waals surface area contributed by atoms with Gasteiger partial charge in [-0.05, 0) is 26.3 Å². The lowest BCUT2D eigenvalue weighted by Crippen LogP contribution is -2.46. The molecule has 0 fully saturated rings. The third-order valence-corrected chi connectivity index (χ3v) is 3.42. The van der Waals surface area contributed by atoms with Crippen LogP contribution in [0.1, 0.15) is 32.8 Å². The summed E-state index contributed by atoms with van der Waals surface area (Å²) >= 11 is 0. The number of carbonyl (C=O) groups excluding carboxylic acids is 1. The van der Waals surface area contributed by atoms with Crippen molar-refractivity contribution >= 4 is 11.9 Å². The number of hydrogen-bond donors (Lipinski definition) is 1. The second-order valence-corrected chi connectivity index (χ2v) is 5.45. The molecule has 0 heterocycles. The van der Waals surface area contributed by atoms with Gasteiger partial charge in [-0.3, -0.25) is 9.59 Å². The molecule has 1 amide bonds. The molecule has 21 heavy (non-hydrogen) atoms. The molecule has 0 aliphatic carbocycles. The molecule has 0 atom stereocenters. The zero-order valence-electron chi connectivity index (χ0n) is 13.0. The van der Waals surface area contributed by atoms with Crippen LogP contribution in [-0.4, -0.2) is 42.1 Å². The van der Waals surface area contributed by atoms with Crippen LogP contribution in [0.25, 0.3) is 0 Å². The van der Waals surface area contributed by atoms with Crippen molar-refractivity contribution in [2.75, 3.05) is 20.2 Å². The van der Waals surface area contributed by atoms with Crippen LogP contribution in [0.5, 0.6) is 5.75 Å². The smallest absolute Gasteiger partial charge is 0.323 e. The number of amides is 1. The van der Waals surface area contributed by atoms with Gasteiger partial charge in [0, 0.05) is 12.1 Å². The third-order valence-electron chi connectivity index (χ3n) is 3.42. The minimum absolute atomic E-state index is 0.212. The Hall–Kier alpha value is -2.04. The standard InChI is InChI=1S/C16H23NO4/c1-5-10-17(11-14(18)19)15(20)16(2,3)12-8-6-7-9-13(12)21-4/h6-9H,5,10-11H2,1-4H3,(H,18,19). The Balaban J connectivity index is 3.13. The molecular formula is C16H23NO4. The number of rotatable bonds is 7. The van der Waals surface area contributed by atoms with E-state index in [0.29, 0.717) is 18.7 Å². The van der Waals surface area contributed by atoms with Crippen molar-refractivity contribution in [3.05, 3.63) is 29.8 Å². The van der Waals surface area contributed by atoms with Crippen LogP contribution in [-0.2, 0) is 15.0 Å². The second-order valence-electron chi connectivity index (χ2n) is 5.45. The highest BCUT2D eigenvalue weighted by molar-refractivity contribution is 5.90. The molecule has 116 valence electrons. The van der Waals surface area contributed by atoms with Crippen molar-refractivity contribution in [1.82, 2.24) is 4.90 Å². The van der Waals surface area contributed by atoms with E-state index in [1.807, 2.05) is 25.1 Å². The number of hydrogen-bond acceptors (Lipinski definition) is 3. The van der Waals surface area contributed by atoms with Gasteiger partial charge in [0.15, 0.2) is 0 Å². The van der Waals surface area contributed by atoms with E-state index in [1.54, 1.807) is 27.0 Å². The fourth-order valence-corrected chi connectivity index (χ4v) is 2.36.